The van der Waals surface area contributed by atoms with Gasteiger partial charge in [-0.05, 0) is 48.9 Å². The number of benzene rings is 2. The number of sulfonamides is 1. The Morgan fingerprint density at radius 2 is 1.96 bits per heavy atom. The Morgan fingerprint density at radius 1 is 1.17 bits per heavy atom. The summed E-state index contributed by atoms with van der Waals surface area (Å²) in [6, 6.07) is 10.0. The highest BCUT2D eigenvalue weighted by Crippen LogP contribution is 2.24. The highest BCUT2D eigenvalue weighted by Gasteiger charge is 2.16. The minimum Gasteiger partial charge on any atom is -0.496 e. The van der Waals surface area contributed by atoms with Crippen molar-refractivity contribution in [3.05, 3.63) is 48.3 Å². The summed E-state index contributed by atoms with van der Waals surface area (Å²) >= 11 is 0. The number of fused-ring (bicyclic) bond motifs is 1. The SMILES string of the molecule is COc1ccc(S(=O)(=O)Nc2ccc3c(c2)ncn3C)cc1C. The van der Waals surface area contributed by atoms with Crippen LogP contribution in [-0.4, -0.2) is 25.1 Å². The van der Waals surface area contributed by atoms with E-state index in [-0.39, 0.29) is 4.90 Å². The molecule has 0 unspecified atom stereocenters. The quantitative estimate of drug-likeness (QED) is 0.798. The van der Waals surface area contributed by atoms with Gasteiger partial charge in [-0.1, -0.05) is 0 Å². The van der Waals surface area contributed by atoms with Crippen LogP contribution in [0.4, 0.5) is 5.69 Å². The van der Waals surface area contributed by atoms with Crippen LogP contribution in [0.1, 0.15) is 5.56 Å². The average molecular weight is 331 g/mol. The van der Waals surface area contributed by atoms with Gasteiger partial charge in [0, 0.05) is 7.05 Å². The molecule has 0 saturated carbocycles. The van der Waals surface area contributed by atoms with Gasteiger partial charge in [0.25, 0.3) is 10.0 Å². The number of nitrogens with one attached hydrogen (secondary N) is 1. The maximum atomic E-state index is 12.5. The molecule has 0 atom stereocenters. The van der Waals surface area contributed by atoms with Crippen LogP contribution in [0.25, 0.3) is 11.0 Å². The predicted molar refractivity (Wildman–Crippen MR) is 89.3 cm³/mol. The van der Waals surface area contributed by atoms with E-state index in [1.54, 1.807) is 44.6 Å². The lowest BCUT2D eigenvalue weighted by molar-refractivity contribution is 0.411. The zero-order valence-corrected chi connectivity index (χ0v) is 13.9. The van der Waals surface area contributed by atoms with Gasteiger partial charge in [0.05, 0.1) is 35.1 Å². The van der Waals surface area contributed by atoms with Gasteiger partial charge in [-0.25, -0.2) is 13.4 Å². The molecule has 0 bridgehead atoms. The molecule has 7 heteroatoms. The molecule has 2 aromatic carbocycles. The molecule has 0 fully saturated rings. The largest absolute Gasteiger partial charge is 0.496 e. The molecular formula is C16H17N3O3S. The number of hydrogen-bond acceptors (Lipinski definition) is 4. The fourth-order valence-corrected chi connectivity index (χ4v) is 3.57. The van der Waals surface area contributed by atoms with Gasteiger partial charge >= 0.3 is 0 Å². The van der Waals surface area contributed by atoms with E-state index < -0.39 is 10.0 Å². The van der Waals surface area contributed by atoms with E-state index in [0.717, 1.165) is 16.6 Å². The molecule has 1 N–H and O–H groups in total. The molecular weight excluding hydrogens is 314 g/mol. The topological polar surface area (TPSA) is 73.2 Å². The number of nitrogens with zero attached hydrogens (tertiary/aromatic N) is 2. The van der Waals surface area contributed by atoms with Gasteiger partial charge in [-0.2, -0.15) is 0 Å². The fraction of sp³-hybridized carbons (Fsp3) is 0.188. The predicted octanol–water partition coefficient (Wildman–Crippen LogP) is 2.69. The van der Waals surface area contributed by atoms with Gasteiger partial charge < -0.3 is 9.30 Å². The molecule has 0 aliphatic heterocycles. The van der Waals surface area contributed by atoms with Gasteiger partial charge in [0.2, 0.25) is 0 Å². The van der Waals surface area contributed by atoms with Crippen LogP contribution in [0.5, 0.6) is 5.75 Å². The number of methoxy groups -OCH3 is 1. The number of imidazole rings is 1. The van der Waals surface area contributed by atoms with E-state index >= 15 is 0 Å². The molecule has 3 rings (SSSR count). The van der Waals surface area contributed by atoms with Crippen LogP contribution in [-0.2, 0) is 17.1 Å². The van der Waals surface area contributed by atoms with Crippen molar-refractivity contribution in [1.82, 2.24) is 9.55 Å². The number of anilines is 1. The summed E-state index contributed by atoms with van der Waals surface area (Å²) < 4.78 is 34.6. The molecule has 0 aliphatic carbocycles. The Labute approximate surface area is 134 Å². The minimum absolute atomic E-state index is 0.192. The lowest BCUT2D eigenvalue weighted by atomic mass is 10.2. The van der Waals surface area contributed by atoms with Gasteiger partial charge in [-0.15, -0.1) is 0 Å². The second-order valence-corrected chi connectivity index (χ2v) is 6.98. The molecule has 6 nitrogen and oxygen atoms in total. The number of rotatable bonds is 4. The summed E-state index contributed by atoms with van der Waals surface area (Å²) in [5, 5.41) is 0. The van der Waals surface area contributed by atoms with Gasteiger partial charge in [-0.3, -0.25) is 4.72 Å². The summed E-state index contributed by atoms with van der Waals surface area (Å²) in [6.45, 7) is 1.80. The van der Waals surface area contributed by atoms with E-state index in [9.17, 15) is 8.42 Å². The van der Waals surface area contributed by atoms with Crippen molar-refractivity contribution in [2.75, 3.05) is 11.8 Å². The second kappa shape index (κ2) is 5.58. The molecule has 23 heavy (non-hydrogen) atoms. The van der Waals surface area contributed by atoms with Crippen molar-refractivity contribution >= 4 is 26.7 Å². The first kappa shape index (κ1) is 15.4. The van der Waals surface area contributed by atoms with E-state index in [4.69, 9.17) is 4.74 Å². The third-order valence-electron chi connectivity index (χ3n) is 3.65. The molecule has 3 aromatic rings. The standard InChI is InChI=1S/C16H17N3O3S/c1-11-8-13(5-7-16(11)22-3)23(20,21)18-12-4-6-15-14(9-12)17-10-19(15)2/h4-10,18H,1-3H3. The molecule has 0 radical (unpaired) electrons. The monoisotopic (exact) mass is 331 g/mol. The number of aromatic nitrogens is 2. The fourth-order valence-electron chi connectivity index (χ4n) is 2.43. The Balaban J connectivity index is 1.94. The molecule has 120 valence electrons. The van der Waals surface area contributed by atoms with Crippen LogP contribution in [0.3, 0.4) is 0 Å². The molecule has 0 amide bonds. The normalized spacial score (nSPS) is 11.6. The lowest BCUT2D eigenvalue weighted by Gasteiger charge is -2.10. The lowest BCUT2D eigenvalue weighted by Crippen LogP contribution is -2.13. The molecule has 0 aliphatic rings. The average Bonchev–Trinajstić information content (AvgIpc) is 2.87. The highest BCUT2D eigenvalue weighted by molar-refractivity contribution is 7.92. The summed E-state index contributed by atoms with van der Waals surface area (Å²) in [4.78, 5) is 4.42. The van der Waals surface area contributed by atoms with Crippen molar-refractivity contribution in [2.45, 2.75) is 11.8 Å². The van der Waals surface area contributed by atoms with Crippen LogP contribution in [0.15, 0.2) is 47.6 Å². The smallest absolute Gasteiger partial charge is 0.261 e. The van der Waals surface area contributed by atoms with Crippen molar-refractivity contribution in [1.29, 1.82) is 0 Å². The molecule has 0 saturated heterocycles. The Hall–Kier alpha value is -2.54. The summed E-state index contributed by atoms with van der Waals surface area (Å²) in [6.07, 6.45) is 1.69. The van der Waals surface area contributed by atoms with Crippen LogP contribution >= 0.6 is 0 Å². The van der Waals surface area contributed by atoms with E-state index in [0.29, 0.717) is 11.4 Å². The van der Waals surface area contributed by atoms with Gasteiger partial charge in [0.15, 0.2) is 0 Å². The van der Waals surface area contributed by atoms with Gasteiger partial charge in [0.1, 0.15) is 5.75 Å². The maximum absolute atomic E-state index is 12.5. The third kappa shape index (κ3) is 2.87. The Kier molecular flexibility index (Phi) is 3.73. The Bertz CT molecular complexity index is 977. The van der Waals surface area contributed by atoms with Crippen LogP contribution < -0.4 is 9.46 Å². The van der Waals surface area contributed by atoms with E-state index in [2.05, 4.69) is 9.71 Å². The van der Waals surface area contributed by atoms with Crippen LogP contribution in [0, 0.1) is 6.92 Å². The Morgan fingerprint density at radius 3 is 2.65 bits per heavy atom. The van der Waals surface area contributed by atoms with E-state index in [1.165, 1.54) is 6.07 Å². The van der Waals surface area contributed by atoms with Crippen molar-refractivity contribution in [3.8, 4) is 5.75 Å². The molecule has 0 spiro atoms. The highest BCUT2D eigenvalue weighted by atomic mass is 32.2. The molecule has 1 heterocycles. The zero-order valence-electron chi connectivity index (χ0n) is 13.1. The van der Waals surface area contributed by atoms with Crippen LogP contribution in [0.2, 0.25) is 0 Å². The number of aryl methyl sites for hydroxylation is 2. The first-order valence-electron chi connectivity index (χ1n) is 6.99. The first-order valence-corrected chi connectivity index (χ1v) is 8.47. The number of ether oxygens (including phenoxy) is 1. The maximum Gasteiger partial charge on any atom is 0.261 e. The minimum atomic E-state index is -3.66. The summed E-state index contributed by atoms with van der Waals surface area (Å²) in [5.41, 5.74) is 2.91. The van der Waals surface area contributed by atoms with Crippen molar-refractivity contribution < 1.29 is 13.2 Å². The zero-order chi connectivity index (χ0) is 16.6. The third-order valence-corrected chi connectivity index (χ3v) is 5.03. The van der Waals surface area contributed by atoms with E-state index in [1.807, 2.05) is 17.7 Å². The van der Waals surface area contributed by atoms with Crippen molar-refractivity contribution in [2.24, 2.45) is 7.05 Å². The number of hydrogen-bond donors (Lipinski definition) is 1. The molecule has 1 aromatic heterocycles. The summed E-state index contributed by atoms with van der Waals surface area (Å²) in [5.74, 6) is 0.652. The second-order valence-electron chi connectivity index (χ2n) is 5.30. The first-order chi connectivity index (χ1) is 10.9. The summed E-state index contributed by atoms with van der Waals surface area (Å²) in [7, 11) is -0.222. The van der Waals surface area contributed by atoms with Crippen molar-refractivity contribution in [3.63, 3.8) is 0 Å².